The lowest BCUT2D eigenvalue weighted by molar-refractivity contribution is 0.229. The van der Waals surface area contributed by atoms with Crippen LogP contribution in [-0.2, 0) is 0 Å². The maximum Gasteiger partial charge on any atom is 0.167 e. The van der Waals surface area contributed by atoms with Crippen LogP contribution in [0, 0.1) is 25.2 Å². The maximum atomic E-state index is 9.27. The van der Waals surface area contributed by atoms with Gasteiger partial charge in [0.25, 0.3) is 0 Å². The van der Waals surface area contributed by atoms with Crippen molar-refractivity contribution in [3.05, 3.63) is 16.8 Å². The third-order valence-electron chi connectivity index (χ3n) is 3.94. The molecule has 1 aliphatic heterocycles. The second kappa shape index (κ2) is 5.98. The zero-order valence-electron chi connectivity index (χ0n) is 11.9. The molecular weight excluding hydrogens is 238 g/mol. The molecule has 102 valence electrons. The lowest BCUT2D eigenvalue weighted by atomic mass is 10.0. The molecule has 1 aliphatic rings. The van der Waals surface area contributed by atoms with Gasteiger partial charge in [0.1, 0.15) is 11.6 Å². The quantitative estimate of drug-likeness (QED) is 0.897. The molecule has 5 nitrogen and oxygen atoms in total. The van der Waals surface area contributed by atoms with Crippen molar-refractivity contribution in [3.63, 3.8) is 0 Å². The zero-order valence-corrected chi connectivity index (χ0v) is 11.9. The zero-order chi connectivity index (χ0) is 13.8. The normalized spacial score (nSPS) is 17.2. The van der Waals surface area contributed by atoms with E-state index in [1.165, 1.54) is 0 Å². The molecule has 0 radical (unpaired) electrons. The number of piperidine rings is 1. The van der Waals surface area contributed by atoms with Crippen LogP contribution in [0.2, 0.25) is 0 Å². The fourth-order valence-corrected chi connectivity index (χ4v) is 2.43. The number of nitrogens with one attached hydrogen (secondary N) is 1. The number of aryl methyl sites for hydroxylation is 1. The first-order chi connectivity index (χ1) is 9.15. The van der Waals surface area contributed by atoms with Gasteiger partial charge in [0.2, 0.25) is 0 Å². The Morgan fingerprint density at radius 3 is 2.58 bits per heavy atom. The van der Waals surface area contributed by atoms with Crippen LogP contribution in [0.1, 0.15) is 36.6 Å². The topological polar surface area (TPSA) is 64.8 Å². The molecule has 2 heterocycles. The van der Waals surface area contributed by atoms with E-state index in [4.69, 9.17) is 0 Å². The van der Waals surface area contributed by atoms with Crippen LogP contribution in [0.15, 0.2) is 0 Å². The lowest BCUT2D eigenvalue weighted by Crippen LogP contribution is -2.39. The highest BCUT2D eigenvalue weighted by atomic mass is 15.2. The van der Waals surface area contributed by atoms with Crippen molar-refractivity contribution in [2.45, 2.75) is 39.7 Å². The number of hydrogen-bond donors (Lipinski definition) is 1. The fourth-order valence-electron chi connectivity index (χ4n) is 2.43. The van der Waals surface area contributed by atoms with Crippen LogP contribution >= 0.6 is 0 Å². The minimum atomic E-state index is 0.395. The average molecular weight is 259 g/mol. The number of nitriles is 1. The van der Waals surface area contributed by atoms with Crippen LogP contribution in [-0.4, -0.2) is 40.8 Å². The molecule has 0 saturated carbocycles. The van der Waals surface area contributed by atoms with Crippen LogP contribution in [0.25, 0.3) is 0 Å². The summed E-state index contributed by atoms with van der Waals surface area (Å²) in [5.74, 6) is 0.639. The number of hydrogen-bond acceptors (Lipinski definition) is 5. The molecular formula is C14H21N5. The van der Waals surface area contributed by atoms with Crippen LogP contribution < -0.4 is 5.32 Å². The number of nitrogens with zero attached hydrogens (tertiary/aromatic N) is 4. The predicted octanol–water partition coefficient (Wildman–Crippen LogP) is 1.86. The summed E-state index contributed by atoms with van der Waals surface area (Å²) in [5, 5.41) is 20.9. The van der Waals surface area contributed by atoms with E-state index < -0.39 is 0 Å². The van der Waals surface area contributed by atoms with Crippen molar-refractivity contribution in [2.24, 2.45) is 0 Å². The monoisotopic (exact) mass is 259 g/mol. The van der Waals surface area contributed by atoms with E-state index in [0.29, 0.717) is 17.4 Å². The Morgan fingerprint density at radius 2 is 2.00 bits per heavy atom. The summed E-state index contributed by atoms with van der Waals surface area (Å²) in [6.07, 6.45) is 2.18. The van der Waals surface area contributed by atoms with E-state index in [1.54, 1.807) is 0 Å². The van der Waals surface area contributed by atoms with Gasteiger partial charge in [-0.1, -0.05) is 6.92 Å². The molecule has 1 fully saturated rings. The van der Waals surface area contributed by atoms with E-state index in [1.807, 2.05) is 13.8 Å². The molecule has 0 amide bonds. The summed E-state index contributed by atoms with van der Waals surface area (Å²) in [4.78, 5) is 2.44. The molecule has 0 unspecified atom stereocenters. The van der Waals surface area contributed by atoms with Gasteiger partial charge in [-0.2, -0.15) is 10.4 Å². The molecule has 1 aromatic heterocycles. The number of rotatable bonds is 3. The lowest BCUT2D eigenvalue weighted by Gasteiger charge is -2.31. The Bertz CT molecular complexity index is 483. The van der Waals surface area contributed by atoms with Crippen molar-refractivity contribution in [1.82, 2.24) is 15.1 Å². The van der Waals surface area contributed by atoms with Gasteiger partial charge in [-0.3, -0.25) is 0 Å². The first kappa shape index (κ1) is 13.8. The fraction of sp³-hybridized carbons (Fsp3) is 0.643. The van der Waals surface area contributed by atoms with Crippen LogP contribution in [0.3, 0.4) is 0 Å². The highest BCUT2D eigenvalue weighted by molar-refractivity contribution is 5.56. The Morgan fingerprint density at radius 1 is 1.32 bits per heavy atom. The smallest absolute Gasteiger partial charge is 0.167 e. The summed E-state index contributed by atoms with van der Waals surface area (Å²) in [5.41, 5.74) is 2.37. The standard InChI is InChI=1S/C14H21N5/c1-4-19-7-5-12(6-8-19)16-14-13(9-15)10(2)11(3)17-18-14/h12H,4-8H2,1-3H3,(H,16,18). The van der Waals surface area contributed by atoms with E-state index in [9.17, 15) is 5.26 Å². The Kier molecular flexibility index (Phi) is 4.33. The van der Waals surface area contributed by atoms with Gasteiger partial charge in [-0.25, -0.2) is 0 Å². The molecule has 0 spiro atoms. The Balaban J connectivity index is 2.08. The van der Waals surface area contributed by atoms with E-state index >= 15 is 0 Å². The molecule has 0 aliphatic carbocycles. The molecule has 0 aromatic carbocycles. The minimum Gasteiger partial charge on any atom is -0.365 e. The van der Waals surface area contributed by atoms with Gasteiger partial charge in [0.15, 0.2) is 5.82 Å². The van der Waals surface area contributed by atoms with Crippen LogP contribution in [0.4, 0.5) is 5.82 Å². The second-order valence-corrected chi connectivity index (χ2v) is 5.10. The number of aromatic nitrogens is 2. The molecule has 19 heavy (non-hydrogen) atoms. The number of anilines is 1. The first-order valence-electron chi connectivity index (χ1n) is 6.88. The van der Waals surface area contributed by atoms with Gasteiger partial charge in [-0.15, -0.1) is 5.10 Å². The third kappa shape index (κ3) is 3.02. The molecule has 1 saturated heterocycles. The largest absolute Gasteiger partial charge is 0.365 e. The van der Waals surface area contributed by atoms with E-state index in [0.717, 1.165) is 43.7 Å². The predicted molar refractivity (Wildman–Crippen MR) is 75.0 cm³/mol. The van der Waals surface area contributed by atoms with Crippen molar-refractivity contribution < 1.29 is 0 Å². The summed E-state index contributed by atoms with van der Waals surface area (Å²) in [7, 11) is 0. The molecule has 2 rings (SSSR count). The number of likely N-dealkylation sites (tertiary alicyclic amines) is 1. The van der Waals surface area contributed by atoms with E-state index in [2.05, 4.69) is 33.4 Å². The summed E-state index contributed by atoms with van der Waals surface area (Å²) < 4.78 is 0. The van der Waals surface area contributed by atoms with Gasteiger partial charge in [0, 0.05) is 19.1 Å². The molecule has 0 atom stereocenters. The van der Waals surface area contributed by atoms with Crippen molar-refractivity contribution in [1.29, 1.82) is 5.26 Å². The SMILES string of the molecule is CCN1CCC(Nc2nnc(C)c(C)c2C#N)CC1. The Hall–Kier alpha value is -1.67. The maximum absolute atomic E-state index is 9.27. The molecule has 1 aromatic rings. The van der Waals surface area contributed by atoms with Gasteiger partial charge < -0.3 is 10.2 Å². The second-order valence-electron chi connectivity index (χ2n) is 5.10. The molecule has 5 heteroatoms. The third-order valence-corrected chi connectivity index (χ3v) is 3.94. The van der Waals surface area contributed by atoms with Crippen molar-refractivity contribution in [2.75, 3.05) is 25.0 Å². The molecule has 1 N–H and O–H groups in total. The highest BCUT2D eigenvalue weighted by Crippen LogP contribution is 2.20. The van der Waals surface area contributed by atoms with Gasteiger partial charge in [-0.05, 0) is 38.8 Å². The summed E-state index contributed by atoms with van der Waals surface area (Å²) in [6.45, 7) is 9.32. The average Bonchev–Trinajstić information content (AvgIpc) is 2.44. The minimum absolute atomic E-state index is 0.395. The van der Waals surface area contributed by atoms with Crippen LogP contribution in [0.5, 0.6) is 0 Å². The summed E-state index contributed by atoms with van der Waals surface area (Å²) in [6, 6.07) is 2.63. The van der Waals surface area contributed by atoms with Gasteiger partial charge in [0.05, 0.1) is 5.69 Å². The van der Waals surface area contributed by atoms with Gasteiger partial charge >= 0.3 is 0 Å². The first-order valence-corrected chi connectivity index (χ1v) is 6.88. The van der Waals surface area contributed by atoms with Crippen molar-refractivity contribution in [3.8, 4) is 6.07 Å². The molecule has 0 bridgehead atoms. The summed E-state index contributed by atoms with van der Waals surface area (Å²) >= 11 is 0. The Labute approximate surface area is 114 Å². The highest BCUT2D eigenvalue weighted by Gasteiger charge is 2.20. The van der Waals surface area contributed by atoms with E-state index in [-0.39, 0.29) is 0 Å². The van der Waals surface area contributed by atoms with Crippen molar-refractivity contribution >= 4 is 5.82 Å².